The standard InChI is InChI=1S/C19H31NO/c1-5-10-20-18(13-21-17-8-6-7-9-17)19-15(3)11-14(2)12-16(19)4/h11-12,17-18,20H,5-10,13H2,1-4H3. The molecular formula is C19H31NO. The molecule has 2 heteroatoms. The molecule has 0 heterocycles. The molecule has 21 heavy (non-hydrogen) atoms. The van der Waals surface area contributed by atoms with Gasteiger partial charge in [0.05, 0.1) is 18.8 Å². The maximum Gasteiger partial charge on any atom is 0.0665 e. The first-order chi connectivity index (χ1) is 10.1. The van der Waals surface area contributed by atoms with E-state index in [-0.39, 0.29) is 0 Å². The number of hydrogen-bond acceptors (Lipinski definition) is 2. The monoisotopic (exact) mass is 289 g/mol. The van der Waals surface area contributed by atoms with Crippen molar-refractivity contribution in [2.24, 2.45) is 0 Å². The Bertz CT molecular complexity index is 426. The highest BCUT2D eigenvalue weighted by Crippen LogP contribution is 2.27. The maximum atomic E-state index is 6.19. The summed E-state index contributed by atoms with van der Waals surface area (Å²) in [7, 11) is 0. The van der Waals surface area contributed by atoms with Crippen molar-refractivity contribution >= 4 is 0 Å². The lowest BCUT2D eigenvalue weighted by Gasteiger charge is -2.25. The smallest absolute Gasteiger partial charge is 0.0665 e. The molecule has 0 saturated heterocycles. The first-order valence-electron chi connectivity index (χ1n) is 8.54. The predicted octanol–water partition coefficient (Wildman–Crippen LogP) is 4.61. The highest BCUT2D eigenvalue weighted by molar-refractivity contribution is 5.39. The molecule has 0 radical (unpaired) electrons. The Kier molecular flexibility index (Phi) is 6.25. The summed E-state index contributed by atoms with van der Waals surface area (Å²) in [5.74, 6) is 0. The van der Waals surface area contributed by atoms with Crippen molar-refractivity contribution in [3.63, 3.8) is 0 Å². The molecule has 0 aliphatic heterocycles. The average Bonchev–Trinajstić information content (AvgIpc) is 2.93. The molecule has 0 bridgehead atoms. The average molecular weight is 289 g/mol. The van der Waals surface area contributed by atoms with Gasteiger partial charge in [-0.1, -0.05) is 37.5 Å². The van der Waals surface area contributed by atoms with Crippen LogP contribution in [0.2, 0.25) is 0 Å². The fourth-order valence-corrected chi connectivity index (χ4v) is 3.59. The SMILES string of the molecule is CCCNC(COC1CCCC1)c1c(C)cc(C)cc1C. The van der Waals surface area contributed by atoms with Gasteiger partial charge >= 0.3 is 0 Å². The van der Waals surface area contributed by atoms with E-state index in [0.29, 0.717) is 12.1 Å². The first-order valence-corrected chi connectivity index (χ1v) is 8.54. The largest absolute Gasteiger partial charge is 0.376 e. The van der Waals surface area contributed by atoms with Gasteiger partial charge in [-0.25, -0.2) is 0 Å². The van der Waals surface area contributed by atoms with Crippen molar-refractivity contribution in [2.75, 3.05) is 13.2 Å². The van der Waals surface area contributed by atoms with Gasteiger partial charge in [-0.2, -0.15) is 0 Å². The van der Waals surface area contributed by atoms with Gasteiger partial charge in [0.2, 0.25) is 0 Å². The molecule has 1 aromatic rings. The minimum absolute atomic E-state index is 0.325. The summed E-state index contributed by atoms with van der Waals surface area (Å²) in [6.07, 6.45) is 6.80. The number of benzene rings is 1. The van der Waals surface area contributed by atoms with Gasteiger partial charge in [-0.3, -0.25) is 0 Å². The van der Waals surface area contributed by atoms with E-state index in [2.05, 4.69) is 45.1 Å². The lowest BCUT2D eigenvalue weighted by Crippen LogP contribution is -2.29. The summed E-state index contributed by atoms with van der Waals surface area (Å²) >= 11 is 0. The molecule has 1 fully saturated rings. The summed E-state index contributed by atoms with van der Waals surface area (Å²) in [6.45, 7) is 10.7. The van der Waals surface area contributed by atoms with E-state index in [1.165, 1.54) is 47.9 Å². The quantitative estimate of drug-likeness (QED) is 0.791. The molecule has 0 amide bonds. The minimum atomic E-state index is 0.325. The normalized spacial score (nSPS) is 17.3. The van der Waals surface area contributed by atoms with E-state index in [4.69, 9.17) is 4.74 Å². The van der Waals surface area contributed by atoms with Gasteiger partial charge < -0.3 is 10.1 Å². The van der Waals surface area contributed by atoms with E-state index >= 15 is 0 Å². The van der Waals surface area contributed by atoms with Crippen LogP contribution in [0, 0.1) is 20.8 Å². The lowest BCUT2D eigenvalue weighted by molar-refractivity contribution is 0.0424. The van der Waals surface area contributed by atoms with Crippen LogP contribution in [0.3, 0.4) is 0 Å². The fraction of sp³-hybridized carbons (Fsp3) is 0.684. The Balaban J connectivity index is 2.10. The third-order valence-electron chi connectivity index (χ3n) is 4.53. The zero-order chi connectivity index (χ0) is 15.2. The molecule has 1 aliphatic carbocycles. The van der Waals surface area contributed by atoms with Gasteiger partial charge in [0.1, 0.15) is 0 Å². The molecular weight excluding hydrogens is 258 g/mol. The number of nitrogens with one attached hydrogen (secondary N) is 1. The van der Waals surface area contributed by atoms with Crippen LogP contribution in [-0.2, 0) is 4.74 Å². The Morgan fingerprint density at radius 3 is 2.33 bits per heavy atom. The van der Waals surface area contributed by atoms with E-state index in [9.17, 15) is 0 Å². The van der Waals surface area contributed by atoms with Crippen molar-refractivity contribution in [3.8, 4) is 0 Å². The zero-order valence-electron chi connectivity index (χ0n) is 14.2. The third kappa shape index (κ3) is 4.55. The van der Waals surface area contributed by atoms with Crippen LogP contribution >= 0.6 is 0 Å². The summed E-state index contributed by atoms with van der Waals surface area (Å²) in [5.41, 5.74) is 5.55. The molecule has 1 aliphatic rings. The van der Waals surface area contributed by atoms with Crippen molar-refractivity contribution in [1.82, 2.24) is 5.32 Å². The van der Waals surface area contributed by atoms with Gasteiger partial charge in [-0.15, -0.1) is 0 Å². The summed E-state index contributed by atoms with van der Waals surface area (Å²) in [5, 5.41) is 3.69. The van der Waals surface area contributed by atoms with Crippen LogP contribution < -0.4 is 5.32 Å². The highest BCUT2D eigenvalue weighted by Gasteiger charge is 2.20. The number of aryl methyl sites for hydroxylation is 3. The van der Waals surface area contributed by atoms with E-state index in [0.717, 1.165) is 19.6 Å². The topological polar surface area (TPSA) is 21.3 Å². The van der Waals surface area contributed by atoms with Crippen molar-refractivity contribution < 1.29 is 4.74 Å². The predicted molar refractivity (Wildman–Crippen MR) is 89.9 cm³/mol. The number of hydrogen-bond donors (Lipinski definition) is 1. The molecule has 1 atom stereocenters. The maximum absolute atomic E-state index is 6.19. The summed E-state index contributed by atoms with van der Waals surface area (Å²) in [4.78, 5) is 0. The second-order valence-electron chi connectivity index (χ2n) is 6.56. The van der Waals surface area contributed by atoms with Crippen molar-refractivity contribution in [1.29, 1.82) is 0 Å². The Morgan fingerprint density at radius 1 is 1.14 bits per heavy atom. The van der Waals surface area contributed by atoms with Crippen LogP contribution in [0.1, 0.15) is 67.3 Å². The Morgan fingerprint density at radius 2 is 1.76 bits per heavy atom. The molecule has 0 aromatic heterocycles. The van der Waals surface area contributed by atoms with E-state index in [1.807, 2.05) is 0 Å². The summed E-state index contributed by atoms with van der Waals surface area (Å²) < 4.78 is 6.19. The molecule has 0 spiro atoms. The Labute approximate surface area is 130 Å². The number of rotatable bonds is 7. The van der Waals surface area contributed by atoms with Gasteiger partial charge in [-0.05, 0) is 63.3 Å². The van der Waals surface area contributed by atoms with Crippen LogP contribution in [0.4, 0.5) is 0 Å². The van der Waals surface area contributed by atoms with Crippen LogP contribution in [0.25, 0.3) is 0 Å². The second kappa shape index (κ2) is 7.95. The molecule has 2 rings (SSSR count). The highest BCUT2D eigenvalue weighted by atomic mass is 16.5. The van der Waals surface area contributed by atoms with Crippen molar-refractivity contribution in [3.05, 3.63) is 34.4 Å². The van der Waals surface area contributed by atoms with Gasteiger partial charge in [0.25, 0.3) is 0 Å². The molecule has 1 unspecified atom stereocenters. The molecule has 118 valence electrons. The summed E-state index contributed by atoms with van der Waals surface area (Å²) in [6, 6.07) is 4.91. The molecule has 1 saturated carbocycles. The van der Waals surface area contributed by atoms with E-state index < -0.39 is 0 Å². The van der Waals surface area contributed by atoms with Crippen molar-refractivity contribution in [2.45, 2.75) is 71.9 Å². The third-order valence-corrected chi connectivity index (χ3v) is 4.53. The van der Waals surface area contributed by atoms with Crippen LogP contribution in [0.15, 0.2) is 12.1 Å². The molecule has 1 N–H and O–H groups in total. The van der Waals surface area contributed by atoms with Gasteiger partial charge in [0, 0.05) is 0 Å². The van der Waals surface area contributed by atoms with Gasteiger partial charge in [0.15, 0.2) is 0 Å². The molecule has 1 aromatic carbocycles. The zero-order valence-corrected chi connectivity index (χ0v) is 14.2. The number of ether oxygens (including phenoxy) is 1. The molecule has 2 nitrogen and oxygen atoms in total. The van der Waals surface area contributed by atoms with Crippen LogP contribution in [-0.4, -0.2) is 19.3 Å². The van der Waals surface area contributed by atoms with Crippen LogP contribution in [0.5, 0.6) is 0 Å². The van der Waals surface area contributed by atoms with E-state index in [1.54, 1.807) is 0 Å². The lowest BCUT2D eigenvalue weighted by atomic mass is 9.94. The first kappa shape index (κ1) is 16.5. The second-order valence-corrected chi connectivity index (χ2v) is 6.56. The Hall–Kier alpha value is -0.860. The minimum Gasteiger partial charge on any atom is -0.376 e. The fourth-order valence-electron chi connectivity index (χ4n) is 3.59.